The van der Waals surface area contributed by atoms with E-state index in [0.29, 0.717) is 5.56 Å². The van der Waals surface area contributed by atoms with Crippen LogP contribution in [0.3, 0.4) is 0 Å². The van der Waals surface area contributed by atoms with Gasteiger partial charge in [-0.1, -0.05) is 6.07 Å². The first-order valence-corrected chi connectivity index (χ1v) is 6.45. The van der Waals surface area contributed by atoms with Crippen molar-refractivity contribution in [3.8, 4) is 28.7 Å². The summed E-state index contributed by atoms with van der Waals surface area (Å²) < 4.78 is 9.91. The van der Waals surface area contributed by atoms with E-state index >= 15 is 0 Å². The van der Waals surface area contributed by atoms with E-state index in [1.165, 1.54) is 26.4 Å². The molecule has 22 heavy (non-hydrogen) atoms. The summed E-state index contributed by atoms with van der Waals surface area (Å²) in [6.07, 6.45) is -0.00186. The molecule has 0 unspecified atom stereocenters. The fourth-order valence-corrected chi connectivity index (χ4v) is 2.06. The number of benzene rings is 2. The summed E-state index contributed by atoms with van der Waals surface area (Å²) >= 11 is 0. The topological polar surface area (TPSA) is 96.2 Å². The molecule has 0 saturated carbocycles. The van der Waals surface area contributed by atoms with E-state index < -0.39 is 0 Å². The lowest BCUT2D eigenvalue weighted by Crippen LogP contribution is -2.04. The first kappa shape index (κ1) is 15.5. The van der Waals surface area contributed by atoms with Gasteiger partial charge in [-0.05, 0) is 23.8 Å². The maximum atomic E-state index is 12.3. The van der Waals surface area contributed by atoms with E-state index in [4.69, 9.17) is 9.47 Å². The molecule has 116 valence electrons. The molecule has 6 heteroatoms. The van der Waals surface area contributed by atoms with Crippen LogP contribution in [0.5, 0.6) is 28.7 Å². The van der Waals surface area contributed by atoms with Gasteiger partial charge in [0.25, 0.3) is 0 Å². The van der Waals surface area contributed by atoms with E-state index in [0.717, 1.165) is 6.07 Å². The number of hydrogen-bond acceptors (Lipinski definition) is 6. The number of Topliss-reactive ketones (excluding diaryl/α,β-unsaturated/α-hetero) is 1. The molecule has 0 bridgehead atoms. The highest BCUT2D eigenvalue weighted by Gasteiger charge is 2.17. The number of rotatable bonds is 5. The second-order valence-corrected chi connectivity index (χ2v) is 4.65. The van der Waals surface area contributed by atoms with Crippen molar-refractivity contribution >= 4 is 5.78 Å². The maximum absolute atomic E-state index is 12.3. The van der Waals surface area contributed by atoms with Crippen LogP contribution in [-0.2, 0) is 6.42 Å². The molecule has 0 amide bonds. The Morgan fingerprint density at radius 3 is 2.18 bits per heavy atom. The molecule has 6 nitrogen and oxygen atoms in total. The quantitative estimate of drug-likeness (QED) is 0.733. The zero-order chi connectivity index (χ0) is 16.3. The predicted molar refractivity (Wildman–Crippen MR) is 79.0 cm³/mol. The van der Waals surface area contributed by atoms with Crippen LogP contribution in [0, 0.1) is 0 Å². The van der Waals surface area contributed by atoms with Crippen molar-refractivity contribution < 1.29 is 29.6 Å². The second kappa shape index (κ2) is 6.26. The number of ketones is 1. The number of aromatic hydroxyl groups is 3. The van der Waals surface area contributed by atoms with Crippen molar-refractivity contribution in [3.05, 3.63) is 41.5 Å². The molecule has 0 fully saturated rings. The van der Waals surface area contributed by atoms with Crippen molar-refractivity contribution in [2.75, 3.05) is 14.2 Å². The average Bonchev–Trinajstić information content (AvgIpc) is 2.49. The Hall–Kier alpha value is -2.89. The van der Waals surface area contributed by atoms with Gasteiger partial charge in [-0.15, -0.1) is 0 Å². The molecule has 2 aromatic rings. The molecule has 0 spiro atoms. The SMILES string of the molecule is COc1cc(CC(=O)c2cc(OC)c(O)cc2O)ccc1O. The van der Waals surface area contributed by atoms with Crippen molar-refractivity contribution in [2.45, 2.75) is 6.42 Å². The highest BCUT2D eigenvalue weighted by molar-refractivity contribution is 6.00. The lowest BCUT2D eigenvalue weighted by molar-refractivity contribution is 0.0990. The highest BCUT2D eigenvalue weighted by Crippen LogP contribution is 2.34. The largest absolute Gasteiger partial charge is 0.507 e. The van der Waals surface area contributed by atoms with Crippen molar-refractivity contribution in [3.63, 3.8) is 0 Å². The molecule has 3 N–H and O–H groups in total. The van der Waals surface area contributed by atoms with Crippen molar-refractivity contribution in [1.29, 1.82) is 0 Å². The number of carbonyl (C=O) groups is 1. The molecule has 0 aromatic heterocycles. The van der Waals surface area contributed by atoms with Crippen LogP contribution >= 0.6 is 0 Å². The Bertz CT molecular complexity index is 708. The lowest BCUT2D eigenvalue weighted by atomic mass is 10.0. The van der Waals surface area contributed by atoms with E-state index in [2.05, 4.69) is 0 Å². The van der Waals surface area contributed by atoms with Gasteiger partial charge in [0.1, 0.15) is 5.75 Å². The van der Waals surface area contributed by atoms with Gasteiger partial charge in [0, 0.05) is 12.5 Å². The molecule has 0 aliphatic carbocycles. The van der Waals surface area contributed by atoms with Crippen LogP contribution in [0.4, 0.5) is 0 Å². The minimum atomic E-state index is -0.358. The third-order valence-electron chi connectivity index (χ3n) is 3.21. The third kappa shape index (κ3) is 3.06. The van der Waals surface area contributed by atoms with Gasteiger partial charge in [-0.2, -0.15) is 0 Å². The fourth-order valence-electron chi connectivity index (χ4n) is 2.06. The zero-order valence-electron chi connectivity index (χ0n) is 12.2. The van der Waals surface area contributed by atoms with E-state index in [-0.39, 0.29) is 46.5 Å². The number of phenolic OH excluding ortho intramolecular Hbond substituents is 3. The summed E-state index contributed by atoms with van der Waals surface area (Å²) in [4.78, 5) is 12.3. The normalized spacial score (nSPS) is 10.3. The fraction of sp³-hybridized carbons (Fsp3) is 0.188. The molecule has 0 atom stereocenters. The average molecular weight is 304 g/mol. The van der Waals surface area contributed by atoms with Crippen LogP contribution in [0.25, 0.3) is 0 Å². The van der Waals surface area contributed by atoms with Gasteiger partial charge >= 0.3 is 0 Å². The van der Waals surface area contributed by atoms with Gasteiger partial charge in [0.15, 0.2) is 28.8 Å². The Morgan fingerprint density at radius 2 is 1.55 bits per heavy atom. The van der Waals surface area contributed by atoms with E-state index in [1.807, 2.05) is 0 Å². The number of hydrogen-bond donors (Lipinski definition) is 3. The van der Waals surface area contributed by atoms with Gasteiger partial charge in [-0.25, -0.2) is 0 Å². The van der Waals surface area contributed by atoms with Gasteiger partial charge in [0.2, 0.25) is 0 Å². The third-order valence-corrected chi connectivity index (χ3v) is 3.21. The molecule has 0 radical (unpaired) electrons. The molecule has 2 aromatic carbocycles. The number of phenols is 3. The van der Waals surface area contributed by atoms with Crippen molar-refractivity contribution in [2.24, 2.45) is 0 Å². The number of carbonyl (C=O) groups excluding carboxylic acids is 1. The number of ether oxygens (including phenoxy) is 2. The lowest BCUT2D eigenvalue weighted by Gasteiger charge is -2.09. The summed E-state index contributed by atoms with van der Waals surface area (Å²) in [5.74, 6) is -0.587. The van der Waals surface area contributed by atoms with Crippen LogP contribution in [0.1, 0.15) is 15.9 Å². The first-order valence-electron chi connectivity index (χ1n) is 6.45. The van der Waals surface area contributed by atoms with E-state index in [1.54, 1.807) is 12.1 Å². The minimum absolute atomic E-state index is 0.00186. The van der Waals surface area contributed by atoms with Crippen LogP contribution in [-0.4, -0.2) is 35.3 Å². The molecular formula is C16H16O6. The van der Waals surface area contributed by atoms with E-state index in [9.17, 15) is 20.1 Å². The summed E-state index contributed by atoms with van der Waals surface area (Å²) in [7, 11) is 2.77. The van der Waals surface area contributed by atoms with Crippen molar-refractivity contribution in [1.82, 2.24) is 0 Å². The summed E-state index contributed by atoms with van der Waals surface area (Å²) in [6.45, 7) is 0. The number of methoxy groups -OCH3 is 2. The molecule has 0 saturated heterocycles. The molecular weight excluding hydrogens is 288 g/mol. The Morgan fingerprint density at radius 1 is 0.909 bits per heavy atom. The summed E-state index contributed by atoms with van der Waals surface area (Å²) in [5, 5.41) is 28.9. The zero-order valence-corrected chi connectivity index (χ0v) is 12.2. The Labute approximate surface area is 127 Å². The Balaban J connectivity index is 2.29. The highest BCUT2D eigenvalue weighted by atomic mass is 16.5. The van der Waals surface area contributed by atoms with Gasteiger partial charge < -0.3 is 24.8 Å². The van der Waals surface area contributed by atoms with Crippen LogP contribution < -0.4 is 9.47 Å². The Kier molecular flexibility index (Phi) is 4.41. The van der Waals surface area contributed by atoms with Crippen LogP contribution in [0.15, 0.2) is 30.3 Å². The van der Waals surface area contributed by atoms with Crippen LogP contribution in [0.2, 0.25) is 0 Å². The van der Waals surface area contributed by atoms with Gasteiger partial charge in [0.05, 0.1) is 19.8 Å². The van der Waals surface area contributed by atoms with Gasteiger partial charge in [-0.3, -0.25) is 4.79 Å². The first-order chi connectivity index (χ1) is 10.5. The molecule has 0 aliphatic heterocycles. The summed E-state index contributed by atoms with van der Waals surface area (Å²) in [6, 6.07) is 6.90. The molecule has 2 rings (SSSR count). The summed E-state index contributed by atoms with van der Waals surface area (Å²) in [5.41, 5.74) is 0.660. The standard InChI is InChI=1S/C16H16O6/c1-21-15-6-9(3-4-11(15)17)5-12(18)10-7-16(22-2)14(20)8-13(10)19/h3-4,6-8,17,19-20H,5H2,1-2H3. The smallest absolute Gasteiger partial charge is 0.171 e. The maximum Gasteiger partial charge on any atom is 0.171 e. The minimum Gasteiger partial charge on any atom is -0.507 e. The molecule has 0 aliphatic rings. The molecule has 0 heterocycles. The monoisotopic (exact) mass is 304 g/mol. The predicted octanol–water partition coefficient (Wildman–Crippen LogP) is 2.25. The second-order valence-electron chi connectivity index (χ2n) is 4.65.